The van der Waals surface area contributed by atoms with E-state index in [0.717, 1.165) is 26.0 Å². The van der Waals surface area contributed by atoms with Crippen LogP contribution < -0.4 is 5.73 Å². The monoisotopic (exact) mass is 194 g/mol. The quantitative estimate of drug-likeness (QED) is 0.720. The van der Waals surface area contributed by atoms with Gasteiger partial charge in [-0.1, -0.05) is 0 Å². The summed E-state index contributed by atoms with van der Waals surface area (Å²) in [6, 6.07) is 2.25. The Morgan fingerprint density at radius 1 is 1.43 bits per heavy atom. The number of nitrogens with zero attached hydrogens (tertiary/aromatic N) is 1. The largest absolute Gasteiger partial charge is 0.378 e. The molecule has 2 fully saturated rings. The zero-order valence-electron chi connectivity index (χ0n) is 8.54. The summed E-state index contributed by atoms with van der Waals surface area (Å²) >= 11 is 0. The van der Waals surface area contributed by atoms with Crippen LogP contribution in [0.3, 0.4) is 0 Å². The van der Waals surface area contributed by atoms with Gasteiger partial charge in [0.25, 0.3) is 0 Å². The first-order chi connectivity index (χ1) is 6.78. The Labute approximate surface area is 85.2 Å². The van der Waals surface area contributed by atoms with Gasteiger partial charge in [0.05, 0.1) is 18.8 Å². The Kier molecular flexibility index (Phi) is 2.76. The molecule has 0 aliphatic heterocycles. The maximum absolute atomic E-state index is 8.64. The van der Waals surface area contributed by atoms with Gasteiger partial charge in [-0.25, -0.2) is 0 Å². The third-order valence-corrected chi connectivity index (χ3v) is 3.56. The molecule has 2 aliphatic rings. The highest BCUT2D eigenvalue weighted by molar-refractivity contribution is 4.99. The second-order valence-electron chi connectivity index (χ2n) is 4.84. The van der Waals surface area contributed by atoms with Gasteiger partial charge in [0.15, 0.2) is 0 Å². The summed E-state index contributed by atoms with van der Waals surface area (Å²) in [6.07, 6.45) is 5.69. The van der Waals surface area contributed by atoms with Gasteiger partial charge in [-0.05, 0) is 38.1 Å². The van der Waals surface area contributed by atoms with E-state index in [0.29, 0.717) is 18.4 Å². The first-order valence-electron chi connectivity index (χ1n) is 5.47. The van der Waals surface area contributed by atoms with Crippen LogP contribution in [0.2, 0.25) is 0 Å². The third kappa shape index (κ3) is 2.08. The number of nitrogens with two attached hydrogens (primary N) is 1. The lowest BCUT2D eigenvalue weighted by Gasteiger charge is -2.35. The van der Waals surface area contributed by atoms with Gasteiger partial charge >= 0.3 is 0 Å². The molecule has 0 heterocycles. The molecule has 0 saturated heterocycles. The summed E-state index contributed by atoms with van der Waals surface area (Å²) in [5.74, 6) is 0.686. The smallest absolute Gasteiger partial charge is 0.0628 e. The van der Waals surface area contributed by atoms with E-state index in [4.69, 9.17) is 15.7 Å². The third-order valence-electron chi connectivity index (χ3n) is 3.56. The fraction of sp³-hybridized carbons (Fsp3) is 0.909. The molecule has 2 rings (SSSR count). The first-order valence-corrected chi connectivity index (χ1v) is 5.47. The van der Waals surface area contributed by atoms with E-state index < -0.39 is 0 Å². The summed E-state index contributed by atoms with van der Waals surface area (Å²) in [6.45, 7) is 1.59. The van der Waals surface area contributed by atoms with Crippen molar-refractivity contribution in [3.05, 3.63) is 0 Å². The van der Waals surface area contributed by atoms with Gasteiger partial charge in [-0.2, -0.15) is 5.26 Å². The molecule has 0 atom stereocenters. The summed E-state index contributed by atoms with van der Waals surface area (Å²) < 4.78 is 5.78. The zero-order chi connectivity index (χ0) is 10.0. The van der Waals surface area contributed by atoms with E-state index in [1.165, 1.54) is 12.8 Å². The molecule has 2 N–H and O–H groups in total. The molecule has 78 valence electrons. The highest BCUT2D eigenvalue weighted by Crippen LogP contribution is 2.49. The molecular formula is C11H18N2O. The SMILES string of the molecule is N#CCC1(COC2CC(CN)C2)CC1. The predicted molar refractivity (Wildman–Crippen MR) is 53.4 cm³/mol. The molecule has 0 radical (unpaired) electrons. The van der Waals surface area contributed by atoms with Crippen LogP contribution in [0.4, 0.5) is 0 Å². The summed E-state index contributed by atoms with van der Waals surface area (Å²) in [5, 5.41) is 8.64. The highest BCUT2D eigenvalue weighted by atomic mass is 16.5. The minimum Gasteiger partial charge on any atom is -0.378 e. The van der Waals surface area contributed by atoms with Crippen molar-refractivity contribution in [2.75, 3.05) is 13.2 Å². The van der Waals surface area contributed by atoms with Crippen molar-refractivity contribution in [2.45, 2.75) is 38.2 Å². The van der Waals surface area contributed by atoms with E-state index in [9.17, 15) is 0 Å². The normalized spacial score (nSPS) is 33.1. The van der Waals surface area contributed by atoms with E-state index in [1.807, 2.05) is 0 Å². The molecule has 0 aromatic rings. The number of hydrogen-bond donors (Lipinski definition) is 1. The second kappa shape index (κ2) is 3.88. The van der Waals surface area contributed by atoms with Gasteiger partial charge in [0.2, 0.25) is 0 Å². The maximum Gasteiger partial charge on any atom is 0.0628 e. The van der Waals surface area contributed by atoms with Crippen molar-refractivity contribution < 1.29 is 4.74 Å². The van der Waals surface area contributed by atoms with Crippen LogP contribution >= 0.6 is 0 Å². The molecule has 0 aromatic carbocycles. The Bertz CT molecular complexity index is 236. The molecule has 2 aliphatic carbocycles. The van der Waals surface area contributed by atoms with Gasteiger partial charge < -0.3 is 10.5 Å². The molecule has 2 saturated carbocycles. The van der Waals surface area contributed by atoms with Crippen molar-refractivity contribution in [1.29, 1.82) is 5.26 Å². The van der Waals surface area contributed by atoms with Crippen molar-refractivity contribution in [2.24, 2.45) is 17.1 Å². The fourth-order valence-corrected chi connectivity index (χ4v) is 2.01. The summed E-state index contributed by atoms with van der Waals surface area (Å²) in [4.78, 5) is 0. The Morgan fingerprint density at radius 2 is 2.14 bits per heavy atom. The van der Waals surface area contributed by atoms with E-state index >= 15 is 0 Å². The van der Waals surface area contributed by atoms with Gasteiger partial charge in [0.1, 0.15) is 0 Å². The topological polar surface area (TPSA) is 59.0 Å². The number of rotatable bonds is 5. The van der Waals surface area contributed by atoms with Crippen molar-refractivity contribution in [3.63, 3.8) is 0 Å². The molecule has 0 aromatic heterocycles. The van der Waals surface area contributed by atoms with Crippen LogP contribution in [0.15, 0.2) is 0 Å². The lowest BCUT2D eigenvalue weighted by Crippen LogP contribution is -2.37. The molecule has 0 amide bonds. The molecule has 3 nitrogen and oxygen atoms in total. The predicted octanol–water partition coefficient (Wildman–Crippen LogP) is 1.43. The molecular weight excluding hydrogens is 176 g/mol. The number of ether oxygens (including phenoxy) is 1. The molecule has 0 unspecified atom stereocenters. The Hall–Kier alpha value is -0.590. The van der Waals surface area contributed by atoms with E-state index in [1.54, 1.807) is 0 Å². The molecule has 0 bridgehead atoms. The van der Waals surface area contributed by atoms with Crippen LogP contribution in [0, 0.1) is 22.7 Å². The fourth-order valence-electron chi connectivity index (χ4n) is 2.01. The standard InChI is InChI=1S/C11H18N2O/c12-4-3-11(1-2-11)8-14-10-5-9(6-10)7-13/h9-10H,1-3,5-8,13H2. The average Bonchev–Trinajstić information content (AvgIpc) is 2.84. The van der Waals surface area contributed by atoms with Crippen molar-refractivity contribution in [1.82, 2.24) is 0 Å². The zero-order valence-corrected chi connectivity index (χ0v) is 8.54. The minimum atomic E-state index is 0.239. The Morgan fingerprint density at radius 3 is 2.64 bits per heavy atom. The van der Waals surface area contributed by atoms with Gasteiger partial charge in [0, 0.05) is 11.8 Å². The van der Waals surface area contributed by atoms with Crippen molar-refractivity contribution in [3.8, 4) is 6.07 Å². The van der Waals surface area contributed by atoms with Crippen LogP contribution in [0.5, 0.6) is 0 Å². The van der Waals surface area contributed by atoms with Crippen LogP contribution in [-0.4, -0.2) is 19.3 Å². The van der Waals surface area contributed by atoms with E-state index in [-0.39, 0.29) is 5.41 Å². The van der Waals surface area contributed by atoms with Crippen molar-refractivity contribution >= 4 is 0 Å². The average molecular weight is 194 g/mol. The Balaban J connectivity index is 1.62. The van der Waals surface area contributed by atoms with Gasteiger partial charge in [-0.15, -0.1) is 0 Å². The maximum atomic E-state index is 8.64. The highest BCUT2D eigenvalue weighted by Gasteiger charge is 2.44. The lowest BCUT2D eigenvalue weighted by molar-refractivity contribution is -0.0463. The number of nitriles is 1. The summed E-state index contributed by atoms with van der Waals surface area (Å²) in [5.41, 5.74) is 5.78. The second-order valence-corrected chi connectivity index (χ2v) is 4.84. The van der Waals surface area contributed by atoms with Crippen LogP contribution in [0.25, 0.3) is 0 Å². The van der Waals surface area contributed by atoms with E-state index in [2.05, 4.69) is 6.07 Å². The van der Waals surface area contributed by atoms with Gasteiger partial charge in [-0.3, -0.25) is 0 Å². The first kappa shape index (κ1) is 9.95. The van der Waals surface area contributed by atoms with Crippen LogP contribution in [-0.2, 0) is 4.74 Å². The number of hydrogen-bond acceptors (Lipinski definition) is 3. The lowest BCUT2D eigenvalue weighted by atomic mass is 9.82. The molecule has 14 heavy (non-hydrogen) atoms. The minimum absolute atomic E-state index is 0.239. The molecule has 0 spiro atoms. The van der Waals surface area contributed by atoms with Crippen LogP contribution in [0.1, 0.15) is 32.1 Å². The summed E-state index contributed by atoms with van der Waals surface area (Å²) in [7, 11) is 0. The molecule has 3 heteroatoms.